The Morgan fingerprint density at radius 3 is 2.48 bits per heavy atom. The van der Waals surface area contributed by atoms with E-state index in [1.165, 1.54) is 0 Å². The molecule has 0 radical (unpaired) electrons. The maximum atomic E-state index is 12.2. The number of anilines is 1. The minimum Gasteiger partial charge on any atom is -0.387 e. The molecule has 0 saturated carbocycles. The van der Waals surface area contributed by atoms with Crippen LogP contribution in [-0.2, 0) is 17.6 Å². The summed E-state index contributed by atoms with van der Waals surface area (Å²) in [4.78, 5) is 20.5. The fraction of sp³-hybridized carbons (Fsp3) is 0.261. The van der Waals surface area contributed by atoms with Crippen LogP contribution < -0.4 is 10.6 Å². The molecular weight excluding hydrogens is 364 g/mol. The summed E-state index contributed by atoms with van der Waals surface area (Å²) in [6.07, 6.45) is 3.75. The first kappa shape index (κ1) is 20.6. The van der Waals surface area contributed by atoms with E-state index in [0.717, 1.165) is 35.5 Å². The quantitative estimate of drug-likeness (QED) is 0.489. The van der Waals surface area contributed by atoms with Crippen molar-refractivity contribution in [1.82, 2.24) is 15.3 Å². The highest BCUT2D eigenvalue weighted by Crippen LogP contribution is 2.12. The summed E-state index contributed by atoms with van der Waals surface area (Å²) in [5, 5.41) is 16.3. The lowest BCUT2D eigenvalue weighted by atomic mass is 10.1. The van der Waals surface area contributed by atoms with Crippen molar-refractivity contribution in [3.05, 3.63) is 89.5 Å². The van der Waals surface area contributed by atoms with E-state index in [2.05, 4.69) is 20.6 Å². The Hall–Kier alpha value is -3.09. The highest BCUT2D eigenvalue weighted by molar-refractivity contribution is 5.92. The molecule has 150 valence electrons. The monoisotopic (exact) mass is 390 g/mol. The van der Waals surface area contributed by atoms with Crippen molar-refractivity contribution in [3.8, 4) is 0 Å². The van der Waals surface area contributed by atoms with Gasteiger partial charge in [-0.1, -0.05) is 42.5 Å². The lowest BCUT2D eigenvalue weighted by Gasteiger charge is -2.12. The molecule has 1 aromatic heterocycles. The van der Waals surface area contributed by atoms with Gasteiger partial charge in [-0.15, -0.1) is 0 Å². The van der Waals surface area contributed by atoms with Gasteiger partial charge >= 0.3 is 0 Å². The Morgan fingerprint density at radius 1 is 1.03 bits per heavy atom. The van der Waals surface area contributed by atoms with Crippen LogP contribution in [0.4, 0.5) is 5.69 Å². The first-order valence-corrected chi connectivity index (χ1v) is 9.71. The van der Waals surface area contributed by atoms with Crippen LogP contribution in [-0.4, -0.2) is 34.1 Å². The van der Waals surface area contributed by atoms with Crippen LogP contribution in [0.1, 0.15) is 28.6 Å². The van der Waals surface area contributed by atoms with Gasteiger partial charge in [0.15, 0.2) is 0 Å². The van der Waals surface area contributed by atoms with Crippen molar-refractivity contribution in [2.75, 3.05) is 18.4 Å². The maximum absolute atomic E-state index is 12.2. The van der Waals surface area contributed by atoms with Gasteiger partial charge in [0.1, 0.15) is 0 Å². The number of aliphatic hydroxyl groups is 1. The summed E-state index contributed by atoms with van der Waals surface area (Å²) in [6, 6.07) is 17.4. The number of carbonyl (C=O) groups is 1. The van der Waals surface area contributed by atoms with Gasteiger partial charge in [-0.05, 0) is 43.1 Å². The summed E-state index contributed by atoms with van der Waals surface area (Å²) < 4.78 is 0. The van der Waals surface area contributed by atoms with Gasteiger partial charge in [-0.2, -0.15) is 0 Å². The van der Waals surface area contributed by atoms with E-state index in [9.17, 15) is 9.90 Å². The lowest BCUT2D eigenvalue weighted by molar-refractivity contribution is -0.115. The normalized spacial score (nSPS) is 11.8. The van der Waals surface area contributed by atoms with E-state index in [1.54, 1.807) is 12.4 Å². The third-order valence-electron chi connectivity index (χ3n) is 4.66. The van der Waals surface area contributed by atoms with E-state index < -0.39 is 6.10 Å². The standard InChI is InChI=1S/C23H26N4O2/c1-17-21(26-14-13-25-17)15-23(29)27-20-9-7-18(8-10-20)11-12-24-16-22(28)19-5-3-2-4-6-19/h2-10,13-14,22,24,28H,11-12,15-16H2,1H3,(H,27,29). The van der Waals surface area contributed by atoms with Gasteiger partial charge in [0.05, 0.1) is 23.9 Å². The number of aliphatic hydroxyl groups excluding tert-OH is 1. The molecule has 0 aliphatic heterocycles. The van der Waals surface area contributed by atoms with Crippen LogP contribution in [0.5, 0.6) is 0 Å². The second-order valence-corrected chi connectivity index (χ2v) is 6.89. The molecule has 6 heteroatoms. The molecular formula is C23H26N4O2. The zero-order chi connectivity index (χ0) is 20.5. The molecule has 29 heavy (non-hydrogen) atoms. The average molecular weight is 390 g/mol. The van der Waals surface area contributed by atoms with Gasteiger partial charge in [-0.3, -0.25) is 14.8 Å². The Balaban J connectivity index is 1.40. The van der Waals surface area contributed by atoms with Crippen LogP contribution in [0.15, 0.2) is 67.0 Å². The van der Waals surface area contributed by atoms with Crippen molar-refractivity contribution in [2.24, 2.45) is 0 Å². The topological polar surface area (TPSA) is 87.1 Å². The molecule has 1 atom stereocenters. The Labute approximate surface area is 171 Å². The number of aryl methyl sites for hydroxylation is 1. The minimum atomic E-state index is -0.508. The predicted molar refractivity (Wildman–Crippen MR) is 114 cm³/mol. The predicted octanol–water partition coefficient (Wildman–Crippen LogP) is 2.83. The number of rotatable bonds is 9. The molecule has 0 aliphatic carbocycles. The molecule has 3 N–H and O–H groups in total. The van der Waals surface area contributed by atoms with E-state index in [0.29, 0.717) is 12.2 Å². The van der Waals surface area contributed by atoms with Crippen LogP contribution in [0.25, 0.3) is 0 Å². The maximum Gasteiger partial charge on any atom is 0.230 e. The number of nitrogens with zero attached hydrogens (tertiary/aromatic N) is 2. The van der Waals surface area contributed by atoms with Gasteiger partial charge in [0.2, 0.25) is 5.91 Å². The van der Waals surface area contributed by atoms with E-state index in [-0.39, 0.29) is 12.3 Å². The van der Waals surface area contributed by atoms with Gasteiger partial charge in [-0.25, -0.2) is 0 Å². The number of hydrogen-bond donors (Lipinski definition) is 3. The molecule has 1 heterocycles. The number of benzene rings is 2. The second kappa shape index (κ2) is 10.5. The number of hydrogen-bond acceptors (Lipinski definition) is 5. The number of aromatic nitrogens is 2. The molecule has 0 spiro atoms. The number of amides is 1. The molecule has 6 nitrogen and oxygen atoms in total. The smallest absolute Gasteiger partial charge is 0.230 e. The summed E-state index contributed by atoms with van der Waals surface area (Å²) in [6.45, 7) is 3.12. The molecule has 0 aliphatic rings. The minimum absolute atomic E-state index is 0.113. The molecule has 1 unspecified atom stereocenters. The van der Waals surface area contributed by atoms with Crippen LogP contribution in [0.3, 0.4) is 0 Å². The molecule has 3 aromatic rings. The van der Waals surface area contributed by atoms with Crippen molar-refractivity contribution in [1.29, 1.82) is 0 Å². The van der Waals surface area contributed by atoms with Crippen molar-refractivity contribution >= 4 is 11.6 Å². The number of carbonyl (C=O) groups excluding carboxylic acids is 1. The van der Waals surface area contributed by atoms with Crippen molar-refractivity contribution in [2.45, 2.75) is 25.9 Å². The fourth-order valence-electron chi connectivity index (χ4n) is 2.99. The van der Waals surface area contributed by atoms with Crippen LogP contribution >= 0.6 is 0 Å². The van der Waals surface area contributed by atoms with Crippen LogP contribution in [0.2, 0.25) is 0 Å². The fourth-order valence-corrected chi connectivity index (χ4v) is 2.99. The molecule has 2 aromatic carbocycles. The van der Waals surface area contributed by atoms with E-state index in [1.807, 2.05) is 61.5 Å². The first-order chi connectivity index (χ1) is 14.1. The second-order valence-electron chi connectivity index (χ2n) is 6.89. The van der Waals surface area contributed by atoms with E-state index in [4.69, 9.17) is 0 Å². The summed E-state index contributed by atoms with van der Waals surface area (Å²) in [5.41, 5.74) is 4.28. The lowest BCUT2D eigenvalue weighted by Crippen LogP contribution is -2.23. The summed E-state index contributed by atoms with van der Waals surface area (Å²) in [7, 11) is 0. The highest BCUT2D eigenvalue weighted by atomic mass is 16.3. The molecule has 0 saturated heterocycles. The van der Waals surface area contributed by atoms with Crippen molar-refractivity contribution in [3.63, 3.8) is 0 Å². The van der Waals surface area contributed by atoms with Gasteiger partial charge in [0.25, 0.3) is 0 Å². The third-order valence-corrected chi connectivity index (χ3v) is 4.66. The highest BCUT2D eigenvalue weighted by Gasteiger charge is 2.08. The molecule has 0 bridgehead atoms. The molecule has 0 fully saturated rings. The SMILES string of the molecule is Cc1nccnc1CC(=O)Nc1ccc(CCNCC(O)c2ccccc2)cc1. The Bertz CT molecular complexity index is 914. The number of nitrogens with one attached hydrogen (secondary N) is 2. The van der Waals surface area contributed by atoms with E-state index >= 15 is 0 Å². The first-order valence-electron chi connectivity index (χ1n) is 9.71. The zero-order valence-corrected chi connectivity index (χ0v) is 16.5. The average Bonchev–Trinajstić information content (AvgIpc) is 2.74. The van der Waals surface area contributed by atoms with Crippen molar-refractivity contribution < 1.29 is 9.90 Å². The largest absolute Gasteiger partial charge is 0.387 e. The Kier molecular flexibility index (Phi) is 7.44. The van der Waals surface area contributed by atoms with Gasteiger partial charge in [0, 0.05) is 24.6 Å². The van der Waals surface area contributed by atoms with Gasteiger partial charge < -0.3 is 15.7 Å². The summed E-state index contributed by atoms with van der Waals surface area (Å²) in [5.74, 6) is -0.113. The summed E-state index contributed by atoms with van der Waals surface area (Å²) >= 11 is 0. The third kappa shape index (κ3) is 6.48. The Morgan fingerprint density at radius 2 is 1.76 bits per heavy atom. The molecule has 3 rings (SSSR count). The zero-order valence-electron chi connectivity index (χ0n) is 16.5. The molecule has 1 amide bonds. The van der Waals surface area contributed by atoms with Crippen LogP contribution in [0, 0.1) is 6.92 Å².